The molecule has 0 bridgehead atoms. The van der Waals surface area contributed by atoms with E-state index >= 15 is 0 Å². The van der Waals surface area contributed by atoms with Crippen molar-refractivity contribution in [3.63, 3.8) is 0 Å². The largest absolute Gasteiger partial charge is 0.394 e. The van der Waals surface area contributed by atoms with E-state index in [-0.39, 0.29) is 25.6 Å². The molecule has 0 radical (unpaired) electrons. The molecule has 12 heavy (non-hydrogen) atoms. The average molecular weight is 200 g/mol. The summed E-state index contributed by atoms with van der Waals surface area (Å²) in [4.78, 5) is 0. The molecule has 0 spiro atoms. The van der Waals surface area contributed by atoms with Gasteiger partial charge in [-0.05, 0) is 0 Å². The minimum absolute atomic E-state index is 0. The Morgan fingerprint density at radius 3 is 2.42 bits per heavy atom. The molecule has 0 aliphatic carbocycles. The van der Waals surface area contributed by atoms with Crippen LogP contribution in [0.3, 0.4) is 0 Å². The third kappa shape index (κ3) is 2.29. The van der Waals surface area contributed by atoms with Crippen LogP contribution in [-0.2, 0) is 4.74 Å². The second kappa shape index (κ2) is 4.96. The molecule has 6 heteroatoms. The first-order valence-electron chi connectivity index (χ1n) is 3.51. The van der Waals surface area contributed by atoms with Crippen LogP contribution in [0.4, 0.5) is 0 Å². The molecule has 0 unspecified atom stereocenters. The van der Waals surface area contributed by atoms with Crippen molar-refractivity contribution >= 4 is 12.4 Å². The Bertz CT molecular complexity index is 135. The maximum Gasteiger partial charge on any atom is 0.110 e. The number of aliphatic hydroxyl groups is 3. The monoisotopic (exact) mass is 199 g/mol. The Hall–Kier alpha value is 0.0900. The lowest BCUT2D eigenvalue weighted by Crippen LogP contribution is -2.57. The van der Waals surface area contributed by atoms with Crippen molar-refractivity contribution in [3.05, 3.63) is 0 Å². The maximum absolute atomic E-state index is 9.19. The zero-order valence-corrected chi connectivity index (χ0v) is 7.28. The van der Waals surface area contributed by atoms with Gasteiger partial charge in [-0.25, -0.2) is 0 Å². The van der Waals surface area contributed by atoms with E-state index in [2.05, 4.69) is 0 Å². The van der Waals surface area contributed by atoms with Gasteiger partial charge >= 0.3 is 0 Å². The van der Waals surface area contributed by atoms with Gasteiger partial charge in [-0.15, -0.1) is 12.4 Å². The molecule has 1 aliphatic rings. The molecule has 5 N–H and O–H groups in total. The van der Waals surface area contributed by atoms with Crippen molar-refractivity contribution in [1.82, 2.24) is 0 Å². The highest BCUT2D eigenvalue weighted by Crippen LogP contribution is 2.13. The maximum atomic E-state index is 9.19. The predicted octanol–water partition coefficient (Wildman–Crippen LogP) is -2.15. The van der Waals surface area contributed by atoms with Gasteiger partial charge < -0.3 is 25.8 Å². The molecule has 1 aliphatic heterocycles. The van der Waals surface area contributed by atoms with E-state index in [1.54, 1.807) is 0 Å². The summed E-state index contributed by atoms with van der Waals surface area (Å²) in [5.74, 6) is 0. The van der Waals surface area contributed by atoms with Crippen molar-refractivity contribution < 1.29 is 20.1 Å². The van der Waals surface area contributed by atoms with Crippen molar-refractivity contribution in [3.8, 4) is 0 Å². The van der Waals surface area contributed by atoms with Crippen LogP contribution in [0.5, 0.6) is 0 Å². The summed E-state index contributed by atoms with van der Waals surface area (Å²) in [5, 5.41) is 27.0. The lowest BCUT2D eigenvalue weighted by Gasteiger charge is -2.34. The number of hydrogen-bond acceptors (Lipinski definition) is 5. The molecule has 1 rings (SSSR count). The molecule has 0 amide bonds. The molecular formula is C6H14ClNO4. The van der Waals surface area contributed by atoms with Crippen molar-refractivity contribution in [2.45, 2.75) is 24.4 Å². The summed E-state index contributed by atoms with van der Waals surface area (Å²) in [6, 6.07) is -0.562. The van der Waals surface area contributed by atoms with Crippen LogP contribution in [-0.4, -0.2) is 52.9 Å². The molecule has 4 atom stereocenters. The fourth-order valence-corrected chi connectivity index (χ4v) is 1.07. The van der Waals surface area contributed by atoms with Crippen LogP contribution in [0.1, 0.15) is 0 Å². The zero-order valence-electron chi connectivity index (χ0n) is 6.46. The van der Waals surface area contributed by atoms with E-state index < -0.39 is 24.4 Å². The number of aliphatic hydroxyl groups excluding tert-OH is 3. The van der Waals surface area contributed by atoms with Crippen LogP contribution in [0.15, 0.2) is 0 Å². The molecule has 5 nitrogen and oxygen atoms in total. The molecule has 74 valence electrons. The molecule has 0 aromatic carbocycles. The van der Waals surface area contributed by atoms with Crippen LogP contribution >= 0.6 is 12.4 Å². The fraction of sp³-hybridized carbons (Fsp3) is 1.00. The first-order chi connectivity index (χ1) is 5.16. The van der Waals surface area contributed by atoms with E-state index in [0.717, 1.165) is 0 Å². The minimum Gasteiger partial charge on any atom is -0.394 e. The first-order valence-corrected chi connectivity index (χ1v) is 3.51. The standard InChI is InChI=1S/C6H13NO4.ClH/c7-3-2-11-4(1-8)6(10)5(3)9;/h3-6,8-10H,1-2,7H2;1H/t3-,4+,5+,6+;/m0./s1. The first kappa shape index (κ1) is 12.1. The Morgan fingerprint density at radius 2 is 1.92 bits per heavy atom. The van der Waals surface area contributed by atoms with Crippen LogP contribution in [0, 0.1) is 0 Å². The lowest BCUT2D eigenvalue weighted by atomic mass is 9.99. The fourth-order valence-electron chi connectivity index (χ4n) is 1.07. The second-order valence-electron chi connectivity index (χ2n) is 2.70. The highest BCUT2D eigenvalue weighted by Gasteiger charge is 2.35. The van der Waals surface area contributed by atoms with Crippen LogP contribution < -0.4 is 5.73 Å². The van der Waals surface area contributed by atoms with Crippen molar-refractivity contribution in [1.29, 1.82) is 0 Å². The molecule has 1 saturated heterocycles. The predicted molar refractivity (Wildman–Crippen MR) is 44.1 cm³/mol. The van der Waals surface area contributed by atoms with Gasteiger partial charge in [0.2, 0.25) is 0 Å². The summed E-state index contributed by atoms with van der Waals surface area (Å²) in [6.45, 7) is -0.131. The molecular weight excluding hydrogens is 186 g/mol. The Labute approximate surface area is 76.5 Å². The third-order valence-corrected chi connectivity index (χ3v) is 1.85. The Morgan fingerprint density at radius 1 is 1.33 bits per heavy atom. The van der Waals surface area contributed by atoms with Crippen LogP contribution in [0.2, 0.25) is 0 Å². The normalized spacial score (nSPS) is 42.0. The topological polar surface area (TPSA) is 95.9 Å². The van der Waals surface area contributed by atoms with Gasteiger partial charge in [0.1, 0.15) is 12.2 Å². The average Bonchev–Trinajstić information content (AvgIpc) is 2.01. The summed E-state index contributed by atoms with van der Waals surface area (Å²) < 4.78 is 4.94. The number of ether oxygens (including phenoxy) is 1. The molecule has 0 aromatic heterocycles. The summed E-state index contributed by atoms with van der Waals surface area (Å²) in [5.41, 5.74) is 5.37. The summed E-state index contributed by atoms with van der Waals surface area (Å²) in [6.07, 6.45) is -2.78. The van der Waals surface area contributed by atoms with Gasteiger partial charge in [0.15, 0.2) is 0 Å². The number of nitrogens with two attached hydrogens (primary N) is 1. The van der Waals surface area contributed by atoms with Crippen LogP contribution in [0.25, 0.3) is 0 Å². The summed E-state index contributed by atoms with van der Waals surface area (Å²) >= 11 is 0. The number of rotatable bonds is 1. The van der Waals surface area contributed by atoms with Gasteiger partial charge in [-0.1, -0.05) is 0 Å². The quantitative estimate of drug-likeness (QED) is 0.386. The molecule has 1 fully saturated rings. The van der Waals surface area contributed by atoms with Gasteiger partial charge in [-0.2, -0.15) is 0 Å². The second-order valence-corrected chi connectivity index (χ2v) is 2.70. The van der Waals surface area contributed by atoms with Crippen molar-refractivity contribution in [2.24, 2.45) is 5.73 Å². The van der Waals surface area contributed by atoms with Gasteiger partial charge in [-0.3, -0.25) is 0 Å². The minimum atomic E-state index is -1.08. The third-order valence-electron chi connectivity index (χ3n) is 1.85. The van der Waals surface area contributed by atoms with Gasteiger partial charge in [0.05, 0.1) is 25.4 Å². The van der Waals surface area contributed by atoms with Crippen molar-refractivity contribution in [2.75, 3.05) is 13.2 Å². The number of hydrogen-bond donors (Lipinski definition) is 4. The lowest BCUT2D eigenvalue weighted by molar-refractivity contribution is -0.156. The van der Waals surface area contributed by atoms with E-state index in [1.165, 1.54) is 0 Å². The summed E-state index contributed by atoms with van der Waals surface area (Å²) in [7, 11) is 0. The zero-order chi connectivity index (χ0) is 8.43. The van der Waals surface area contributed by atoms with E-state index in [4.69, 9.17) is 15.6 Å². The van der Waals surface area contributed by atoms with Gasteiger partial charge in [0.25, 0.3) is 0 Å². The Kier molecular flexibility index (Phi) is 5.00. The smallest absolute Gasteiger partial charge is 0.110 e. The molecule has 0 saturated carbocycles. The highest BCUT2D eigenvalue weighted by molar-refractivity contribution is 5.85. The van der Waals surface area contributed by atoms with E-state index in [1.807, 2.05) is 0 Å². The van der Waals surface area contributed by atoms with Gasteiger partial charge in [0, 0.05) is 0 Å². The van der Waals surface area contributed by atoms with E-state index in [9.17, 15) is 10.2 Å². The van der Waals surface area contributed by atoms with E-state index in [0.29, 0.717) is 0 Å². The Balaban J connectivity index is 0.00000121. The SMILES string of the molecule is Cl.N[C@H]1CO[C@H](CO)[C@@H](O)[C@@H]1O. The highest BCUT2D eigenvalue weighted by atomic mass is 35.5. The number of halogens is 1. The molecule has 0 aromatic rings. The molecule has 1 heterocycles.